The molecule has 122 valence electrons. The van der Waals surface area contributed by atoms with Gasteiger partial charge in [0.15, 0.2) is 0 Å². The van der Waals surface area contributed by atoms with E-state index in [1.165, 1.54) is 12.8 Å². The van der Waals surface area contributed by atoms with Crippen molar-refractivity contribution in [3.8, 4) is 0 Å². The Morgan fingerprint density at radius 3 is 2.52 bits per heavy atom. The van der Waals surface area contributed by atoms with Crippen molar-refractivity contribution >= 4 is 5.91 Å². The minimum absolute atomic E-state index is 0.0434. The molecule has 21 heavy (non-hydrogen) atoms. The second kappa shape index (κ2) is 7.10. The average Bonchev–Trinajstić information content (AvgIpc) is 2.88. The van der Waals surface area contributed by atoms with Crippen LogP contribution in [0.25, 0.3) is 0 Å². The maximum atomic E-state index is 12.1. The zero-order chi connectivity index (χ0) is 15.5. The number of piperidine rings is 1. The Morgan fingerprint density at radius 1 is 1.29 bits per heavy atom. The number of likely N-dealkylation sites (tertiary alicyclic amines) is 1. The molecule has 0 saturated carbocycles. The molecule has 3 unspecified atom stereocenters. The van der Waals surface area contributed by atoms with Gasteiger partial charge in [0.05, 0.1) is 0 Å². The van der Waals surface area contributed by atoms with E-state index in [2.05, 4.69) is 43.2 Å². The van der Waals surface area contributed by atoms with Gasteiger partial charge in [0.25, 0.3) is 0 Å². The summed E-state index contributed by atoms with van der Waals surface area (Å²) in [5.41, 5.74) is 0.0434. The van der Waals surface area contributed by atoms with E-state index < -0.39 is 0 Å². The topological polar surface area (TPSA) is 44.4 Å². The maximum absolute atomic E-state index is 12.1. The van der Waals surface area contributed by atoms with E-state index in [9.17, 15) is 4.79 Å². The van der Waals surface area contributed by atoms with Gasteiger partial charge in [-0.05, 0) is 51.5 Å². The Hall–Kier alpha value is -0.610. The first-order chi connectivity index (χ1) is 9.87. The van der Waals surface area contributed by atoms with Crippen molar-refractivity contribution < 1.29 is 4.79 Å². The van der Waals surface area contributed by atoms with Crippen molar-refractivity contribution in [2.24, 2.45) is 11.8 Å². The molecule has 2 saturated heterocycles. The van der Waals surface area contributed by atoms with E-state index in [-0.39, 0.29) is 11.4 Å². The standard InChI is InChI=1S/C17H33N3O/c1-13-8-14(2)11-20(10-13)17(3,4)12-19-16(21)9-15-6-5-7-18-15/h13-15,18H,5-12H2,1-4H3,(H,19,21). The van der Waals surface area contributed by atoms with Crippen molar-refractivity contribution in [1.29, 1.82) is 0 Å². The summed E-state index contributed by atoms with van der Waals surface area (Å²) in [6.07, 6.45) is 4.29. The predicted octanol–water partition coefficient (Wildman–Crippen LogP) is 2.00. The van der Waals surface area contributed by atoms with Crippen molar-refractivity contribution in [3.05, 3.63) is 0 Å². The second-order valence-corrected chi connectivity index (χ2v) is 7.94. The van der Waals surface area contributed by atoms with Gasteiger partial charge in [0, 0.05) is 37.6 Å². The molecule has 1 amide bonds. The van der Waals surface area contributed by atoms with Gasteiger partial charge in [-0.25, -0.2) is 0 Å². The van der Waals surface area contributed by atoms with Crippen LogP contribution in [0, 0.1) is 11.8 Å². The molecule has 0 bridgehead atoms. The predicted molar refractivity (Wildman–Crippen MR) is 87.2 cm³/mol. The summed E-state index contributed by atoms with van der Waals surface area (Å²) in [7, 11) is 0. The van der Waals surface area contributed by atoms with Gasteiger partial charge in [-0.3, -0.25) is 9.69 Å². The second-order valence-electron chi connectivity index (χ2n) is 7.94. The number of carbonyl (C=O) groups excluding carboxylic acids is 1. The van der Waals surface area contributed by atoms with Crippen molar-refractivity contribution in [2.75, 3.05) is 26.2 Å². The Morgan fingerprint density at radius 2 is 1.95 bits per heavy atom. The molecule has 0 aromatic rings. The fraction of sp³-hybridized carbons (Fsp3) is 0.941. The van der Waals surface area contributed by atoms with Gasteiger partial charge in [-0.1, -0.05) is 13.8 Å². The number of hydrogen-bond donors (Lipinski definition) is 2. The zero-order valence-corrected chi connectivity index (χ0v) is 14.2. The minimum Gasteiger partial charge on any atom is -0.354 e. The molecule has 0 aliphatic carbocycles. The number of amides is 1. The summed E-state index contributed by atoms with van der Waals surface area (Å²) >= 11 is 0. The van der Waals surface area contributed by atoms with Gasteiger partial charge in [0.1, 0.15) is 0 Å². The number of nitrogens with zero attached hydrogens (tertiary/aromatic N) is 1. The quantitative estimate of drug-likeness (QED) is 0.815. The lowest BCUT2D eigenvalue weighted by molar-refractivity contribution is -0.122. The lowest BCUT2D eigenvalue weighted by atomic mass is 9.88. The van der Waals surface area contributed by atoms with E-state index >= 15 is 0 Å². The number of hydrogen-bond acceptors (Lipinski definition) is 3. The Bertz CT molecular complexity index is 340. The van der Waals surface area contributed by atoms with E-state index in [1.807, 2.05) is 0 Å². The molecule has 2 aliphatic rings. The first kappa shape index (κ1) is 16.8. The first-order valence-electron chi connectivity index (χ1n) is 8.62. The summed E-state index contributed by atoms with van der Waals surface area (Å²) < 4.78 is 0. The summed E-state index contributed by atoms with van der Waals surface area (Å²) in [6.45, 7) is 13.3. The number of nitrogens with one attached hydrogen (secondary N) is 2. The fourth-order valence-electron chi connectivity index (χ4n) is 3.81. The molecule has 2 N–H and O–H groups in total. The van der Waals surface area contributed by atoms with Gasteiger partial charge in [-0.15, -0.1) is 0 Å². The lowest BCUT2D eigenvalue weighted by Gasteiger charge is -2.45. The number of rotatable bonds is 5. The lowest BCUT2D eigenvalue weighted by Crippen LogP contribution is -2.56. The van der Waals surface area contributed by atoms with Crippen LogP contribution in [0.5, 0.6) is 0 Å². The molecule has 0 radical (unpaired) electrons. The summed E-state index contributed by atoms with van der Waals surface area (Å²) in [5, 5.41) is 6.54. The third-order valence-electron chi connectivity index (χ3n) is 5.04. The van der Waals surface area contributed by atoms with E-state index in [4.69, 9.17) is 0 Å². The molecule has 2 fully saturated rings. The van der Waals surface area contributed by atoms with Crippen LogP contribution < -0.4 is 10.6 Å². The van der Waals surface area contributed by atoms with Gasteiger partial charge in [-0.2, -0.15) is 0 Å². The number of carbonyl (C=O) groups is 1. The highest BCUT2D eigenvalue weighted by Gasteiger charge is 2.33. The smallest absolute Gasteiger partial charge is 0.221 e. The van der Waals surface area contributed by atoms with Crippen molar-refractivity contribution in [1.82, 2.24) is 15.5 Å². The SMILES string of the molecule is CC1CC(C)CN(C(C)(C)CNC(=O)CC2CCCN2)C1. The maximum Gasteiger partial charge on any atom is 0.221 e. The average molecular weight is 295 g/mol. The molecule has 2 rings (SSSR count). The summed E-state index contributed by atoms with van der Waals surface area (Å²) in [4.78, 5) is 14.6. The van der Waals surface area contributed by atoms with Gasteiger partial charge in [0.2, 0.25) is 5.91 Å². The molecular weight excluding hydrogens is 262 g/mol. The monoisotopic (exact) mass is 295 g/mol. The minimum atomic E-state index is 0.0434. The van der Waals surface area contributed by atoms with Crippen LogP contribution in [-0.2, 0) is 4.79 Å². The summed E-state index contributed by atoms with van der Waals surface area (Å²) in [6, 6.07) is 0.392. The molecule has 3 atom stereocenters. The van der Waals surface area contributed by atoms with Crippen LogP contribution >= 0.6 is 0 Å². The highest BCUT2D eigenvalue weighted by molar-refractivity contribution is 5.76. The summed E-state index contributed by atoms with van der Waals surface area (Å²) in [5.74, 6) is 1.71. The highest BCUT2D eigenvalue weighted by Crippen LogP contribution is 2.26. The van der Waals surface area contributed by atoms with Crippen LogP contribution in [0.4, 0.5) is 0 Å². The fourth-order valence-corrected chi connectivity index (χ4v) is 3.81. The Balaban J connectivity index is 1.78. The molecule has 0 aromatic carbocycles. The molecule has 0 aromatic heterocycles. The molecule has 2 aliphatic heterocycles. The van der Waals surface area contributed by atoms with E-state index in [0.717, 1.165) is 44.4 Å². The van der Waals surface area contributed by atoms with E-state index in [1.54, 1.807) is 0 Å². The molecule has 2 heterocycles. The van der Waals surface area contributed by atoms with Crippen molar-refractivity contribution in [2.45, 2.75) is 65.0 Å². The normalized spacial score (nSPS) is 31.3. The Kier molecular flexibility index (Phi) is 5.67. The van der Waals surface area contributed by atoms with E-state index in [0.29, 0.717) is 12.5 Å². The van der Waals surface area contributed by atoms with Crippen LogP contribution in [0.1, 0.15) is 53.4 Å². The zero-order valence-electron chi connectivity index (χ0n) is 14.2. The first-order valence-corrected chi connectivity index (χ1v) is 8.62. The Labute approximate surface area is 130 Å². The highest BCUT2D eigenvalue weighted by atomic mass is 16.1. The van der Waals surface area contributed by atoms with Gasteiger partial charge < -0.3 is 10.6 Å². The van der Waals surface area contributed by atoms with Crippen LogP contribution in [-0.4, -0.2) is 48.6 Å². The van der Waals surface area contributed by atoms with Crippen LogP contribution in [0.3, 0.4) is 0 Å². The molecule has 0 spiro atoms. The molecule has 4 heteroatoms. The third-order valence-corrected chi connectivity index (χ3v) is 5.04. The van der Waals surface area contributed by atoms with Gasteiger partial charge >= 0.3 is 0 Å². The molecular formula is C17H33N3O. The van der Waals surface area contributed by atoms with Crippen molar-refractivity contribution in [3.63, 3.8) is 0 Å². The van der Waals surface area contributed by atoms with Crippen LogP contribution in [0.2, 0.25) is 0 Å². The van der Waals surface area contributed by atoms with Crippen LogP contribution in [0.15, 0.2) is 0 Å². The molecule has 4 nitrogen and oxygen atoms in total. The third kappa shape index (κ3) is 4.96. The largest absolute Gasteiger partial charge is 0.354 e.